The maximum atomic E-state index is 12.8. The van der Waals surface area contributed by atoms with E-state index in [0.29, 0.717) is 18.2 Å². The summed E-state index contributed by atoms with van der Waals surface area (Å²) in [5.74, 6) is -0.147. The van der Waals surface area contributed by atoms with Crippen LogP contribution in [0, 0.1) is 0 Å². The molecule has 0 aliphatic carbocycles. The van der Waals surface area contributed by atoms with Gasteiger partial charge in [-0.1, -0.05) is 30.4 Å². The van der Waals surface area contributed by atoms with Crippen LogP contribution in [0.3, 0.4) is 0 Å². The Morgan fingerprint density at radius 3 is 3.08 bits per heavy atom. The minimum absolute atomic E-state index is 0.147. The molecule has 26 heavy (non-hydrogen) atoms. The highest BCUT2D eigenvalue weighted by Gasteiger charge is 2.35. The number of aromatic nitrogens is 1. The molecule has 3 aromatic rings. The van der Waals surface area contributed by atoms with Crippen molar-refractivity contribution in [3.63, 3.8) is 0 Å². The zero-order chi connectivity index (χ0) is 18.1. The molecule has 1 fully saturated rings. The highest BCUT2D eigenvalue weighted by atomic mass is 32.1. The van der Waals surface area contributed by atoms with Gasteiger partial charge < -0.3 is 10.2 Å². The summed E-state index contributed by atoms with van der Waals surface area (Å²) in [7, 11) is 0. The Bertz CT molecular complexity index is 951. The fourth-order valence-corrected chi connectivity index (χ4v) is 4.77. The van der Waals surface area contributed by atoms with Gasteiger partial charge in [-0.2, -0.15) is 0 Å². The molecule has 0 bridgehead atoms. The molecule has 3 amide bonds. The van der Waals surface area contributed by atoms with Gasteiger partial charge in [-0.15, -0.1) is 11.3 Å². The number of nitrogens with one attached hydrogen (secondary N) is 2. The molecule has 0 saturated carbocycles. The van der Waals surface area contributed by atoms with E-state index in [1.165, 1.54) is 28.2 Å². The van der Waals surface area contributed by atoms with Gasteiger partial charge in [-0.25, -0.2) is 9.78 Å². The summed E-state index contributed by atoms with van der Waals surface area (Å²) < 4.78 is 1.05. The standard InChI is InChI=1S/C18H18N4O2S2/c1-2-11-5-6-12-14(10-11)26-17(20-12)21-18(24)22-8-7-19-16(23)15(22)13-4-3-9-25-13/h3-6,9-10,15H,2,7-8H2,1H3,(H,19,23)(H,20,21,24)/t15-/m0/s1. The van der Waals surface area contributed by atoms with E-state index in [1.54, 1.807) is 4.90 Å². The smallest absolute Gasteiger partial charge is 0.324 e. The van der Waals surface area contributed by atoms with Crippen LogP contribution in [-0.2, 0) is 11.2 Å². The first-order valence-corrected chi connectivity index (χ1v) is 10.1. The minimum Gasteiger partial charge on any atom is -0.352 e. The zero-order valence-corrected chi connectivity index (χ0v) is 15.8. The first-order valence-electron chi connectivity index (χ1n) is 8.44. The van der Waals surface area contributed by atoms with Crippen LogP contribution in [0.25, 0.3) is 10.2 Å². The Kier molecular flexibility index (Phi) is 4.60. The normalized spacial score (nSPS) is 17.3. The number of thiazole rings is 1. The Hall–Kier alpha value is -2.45. The van der Waals surface area contributed by atoms with Crippen LogP contribution < -0.4 is 10.6 Å². The van der Waals surface area contributed by atoms with Crippen LogP contribution >= 0.6 is 22.7 Å². The molecule has 2 aromatic heterocycles. The van der Waals surface area contributed by atoms with E-state index in [2.05, 4.69) is 34.7 Å². The fraction of sp³-hybridized carbons (Fsp3) is 0.278. The quantitative estimate of drug-likeness (QED) is 0.722. The van der Waals surface area contributed by atoms with Crippen molar-refractivity contribution in [2.75, 3.05) is 18.4 Å². The average molecular weight is 387 g/mol. The Balaban J connectivity index is 1.57. The van der Waals surface area contributed by atoms with Gasteiger partial charge in [-0.05, 0) is 35.6 Å². The summed E-state index contributed by atoms with van der Waals surface area (Å²) in [4.78, 5) is 32.1. The third kappa shape index (κ3) is 3.17. The van der Waals surface area contributed by atoms with E-state index < -0.39 is 6.04 Å². The number of rotatable bonds is 3. The molecule has 0 spiro atoms. The average Bonchev–Trinajstić information content (AvgIpc) is 3.29. The van der Waals surface area contributed by atoms with Crippen LogP contribution in [-0.4, -0.2) is 34.9 Å². The lowest BCUT2D eigenvalue weighted by Crippen LogP contribution is -2.53. The van der Waals surface area contributed by atoms with Crippen LogP contribution in [0.1, 0.15) is 23.4 Å². The van der Waals surface area contributed by atoms with E-state index in [-0.39, 0.29) is 11.9 Å². The van der Waals surface area contributed by atoms with Gasteiger partial charge in [0.15, 0.2) is 5.13 Å². The molecule has 2 N–H and O–H groups in total. The maximum Gasteiger partial charge on any atom is 0.324 e. The maximum absolute atomic E-state index is 12.8. The summed E-state index contributed by atoms with van der Waals surface area (Å²) in [6, 6.07) is 9.00. The Morgan fingerprint density at radius 1 is 1.42 bits per heavy atom. The molecule has 1 aliphatic heterocycles. The van der Waals surface area contributed by atoms with Crippen LogP contribution in [0.15, 0.2) is 35.7 Å². The second-order valence-corrected chi connectivity index (χ2v) is 8.02. The van der Waals surface area contributed by atoms with Crippen molar-refractivity contribution < 1.29 is 9.59 Å². The SMILES string of the molecule is CCc1ccc2nc(NC(=O)N3CCNC(=O)[C@@H]3c3cccs3)sc2c1. The van der Waals surface area contributed by atoms with Gasteiger partial charge in [0.25, 0.3) is 0 Å². The number of fused-ring (bicyclic) bond motifs is 1. The lowest BCUT2D eigenvalue weighted by atomic mass is 10.1. The molecule has 3 heterocycles. The highest BCUT2D eigenvalue weighted by Crippen LogP contribution is 2.30. The molecule has 4 rings (SSSR count). The molecule has 134 valence electrons. The van der Waals surface area contributed by atoms with Crippen LogP contribution in [0.2, 0.25) is 0 Å². The summed E-state index contributed by atoms with van der Waals surface area (Å²) >= 11 is 2.92. The molecule has 0 radical (unpaired) electrons. The number of nitrogens with zero attached hydrogens (tertiary/aromatic N) is 2. The summed E-state index contributed by atoms with van der Waals surface area (Å²) in [5.41, 5.74) is 2.11. The number of amides is 3. The Labute approximate surface area is 158 Å². The molecule has 8 heteroatoms. The molecule has 6 nitrogen and oxygen atoms in total. The zero-order valence-electron chi connectivity index (χ0n) is 14.2. The van der Waals surface area contributed by atoms with E-state index in [4.69, 9.17) is 0 Å². The van der Waals surface area contributed by atoms with Gasteiger partial charge in [0.2, 0.25) is 5.91 Å². The van der Waals surface area contributed by atoms with Gasteiger partial charge in [0.1, 0.15) is 6.04 Å². The summed E-state index contributed by atoms with van der Waals surface area (Å²) in [6.45, 7) is 3.02. The van der Waals surface area contributed by atoms with Crippen LogP contribution in [0.4, 0.5) is 9.93 Å². The first kappa shape index (κ1) is 17.0. The lowest BCUT2D eigenvalue weighted by molar-refractivity contribution is -0.127. The minimum atomic E-state index is -0.593. The van der Waals surface area contributed by atoms with Crippen molar-refractivity contribution in [2.24, 2.45) is 0 Å². The summed E-state index contributed by atoms with van der Waals surface area (Å²) in [6.07, 6.45) is 0.959. The largest absolute Gasteiger partial charge is 0.352 e. The number of urea groups is 1. The van der Waals surface area contributed by atoms with Crippen LogP contribution in [0.5, 0.6) is 0 Å². The number of carbonyl (C=O) groups excluding carboxylic acids is 2. The van der Waals surface area contributed by atoms with Gasteiger partial charge in [0, 0.05) is 18.0 Å². The van der Waals surface area contributed by atoms with E-state index in [9.17, 15) is 9.59 Å². The lowest BCUT2D eigenvalue weighted by Gasteiger charge is -2.34. The number of anilines is 1. The third-order valence-electron chi connectivity index (χ3n) is 4.36. The molecule has 0 unspecified atom stereocenters. The fourth-order valence-electron chi connectivity index (χ4n) is 3.02. The second-order valence-electron chi connectivity index (χ2n) is 6.01. The molecular formula is C18H18N4O2S2. The number of carbonyl (C=O) groups is 2. The molecule has 1 aliphatic rings. The van der Waals surface area contributed by atoms with Gasteiger partial charge >= 0.3 is 6.03 Å². The van der Waals surface area contributed by atoms with E-state index in [1.807, 2.05) is 23.6 Å². The van der Waals surface area contributed by atoms with E-state index >= 15 is 0 Å². The molecule has 1 saturated heterocycles. The van der Waals surface area contributed by atoms with Crippen molar-refractivity contribution in [2.45, 2.75) is 19.4 Å². The third-order valence-corrected chi connectivity index (χ3v) is 6.22. The number of thiophene rings is 1. The molecule has 1 atom stereocenters. The van der Waals surface area contributed by atoms with Crippen molar-refractivity contribution in [3.05, 3.63) is 46.2 Å². The molecular weight excluding hydrogens is 368 g/mol. The number of hydrogen-bond acceptors (Lipinski definition) is 5. The van der Waals surface area contributed by atoms with Crippen molar-refractivity contribution >= 4 is 50.0 Å². The molecule has 1 aromatic carbocycles. The topological polar surface area (TPSA) is 74.3 Å². The summed E-state index contributed by atoms with van der Waals surface area (Å²) in [5, 5.41) is 8.17. The number of hydrogen-bond donors (Lipinski definition) is 2. The van der Waals surface area contributed by atoms with Gasteiger partial charge in [-0.3, -0.25) is 10.1 Å². The first-order chi connectivity index (χ1) is 12.7. The number of piperazine rings is 1. The van der Waals surface area contributed by atoms with E-state index in [0.717, 1.165) is 21.5 Å². The predicted octanol–water partition coefficient (Wildman–Crippen LogP) is 3.63. The highest BCUT2D eigenvalue weighted by molar-refractivity contribution is 7.22. The second kappa shape index (κ2) is 7.05. The van der Waals surface area contributed by atoms with Crippen molar-refractivity contribution in [3.8, 4) is 0 Å². The monoisotopic (exact) mass is 386 g/mol. The Morgan fingerprint density at radius 2 is 2.31 bits per heavy atom. The number of aryl methyl sites for hydroxylation is 1. The van der Waals surface area contributed by atoms with Crippen molar-refractivity contribution in [1.29, 1.82) is 0 Å². The van der Waals surface area contributed by atoms with Gasteiger partial charge in [0.05, 0.1) is 10.2 Å². The van der Waals surface area contributed by atoms with Crippen molar-refractivity contribution in [1.82, 2.24) is 15.2 Å². The predicted molar refractivity (Wildman–Crippen MR) is 105 cm³/mol. The number of benzene rings is 1.